The van der Waals surface area contributed by atoms with E-state index >= 15 is 0 Å². The Kier molecular flexibility index (Phi) is 3.72. The topological polar surface area (TPSA) is 49.2 Å². The third-order valence-electron chi connectivity index (χ3n) is 2.94. The van der Waals surface area contributed by atoms with Crippen molar-refractivity contribution < 1.29 is 5.11 Å². The molecule has 1 atom stereocenters. The number of nitrogens with zero attached hydrogens (tertiary/aromatic N) is 3. The van der Waals surface area contributed by atoms with Crippen LogP contribution in [0.1, 0.15) is 31.9 Å². The lowest BCUT2D eigenvalue weighted by atomic mass is 10.1. The lowest BCUT2D eigenvalue weighted by Crippen LogP contribution is -2.38. The van der Waals surface area contributed by atoms with Gasteiger partial charge in [-0.2, -0.15) is 0 Å². The predicted octanol–water partition coefficient (Wildman–Crippen LogP) is 1.39. The second kappa shape index (κ2) is 5.25. The summed E-state index contributed by atoms with van der Waals surface area (Å²) in [4.78, 5) is 10.7. The second-order valence-electron chi connectivity index (χ2n) is 4.36. The Hall–Kier alpha value is -1.16. The van der Waals surface area contributed by atoms with Crippen LogP contribution < -0.4 is 4.90 Å². The van der Waals surface area contributed by atoms with E-state index < -0.39 is 0 Å². The highest BCUT2D eigenvalue weighted by Gasteiger charge is 2.18. The van der Waals surface area contributed by atoms with Gasteiger partial charge in [0.15, 0.2) is 0 Å². The van der Waals surface area contributed by atoms with Gasteiger partial charge < -0.3 is 10.0 Å². The van der Waals surface area contributed by atoms with Gasteiger partial charge in [-0.15, -0.1) is 0 Å². The molecule has 4 heteroatoms. The molecule has 1 aliphatic rings. The van der Waals surface area contributed by atoms with Gasteiger partial charge in [0.05, 0.1) is 6.10 Å². The fraction of sp³-hybridized carbons (Fsp3) is 0.667. The molecule has 1 N–H and O–H groups in total. The molecule has 1 saturated heterocycles. The fourth-order valence-corrected chi connectivity index (χ4v) is 2.11. The quantitative estimate of drug-likeness (QED) is 0.838. The highest BCUT2D eigenvalue weighted by molar-refractivity contribution is 5.39. The van der Waals surface area contributed by atoms with Gasteiger partial charge >= 0.3 is 0 Å². The summed E-state index contributed by atoms with van der Waals surface area (Å²) in [5, 5.41) is 9.63. The van der Waals surface area contributed by atoms with E-state index in [0.29, 0.717) is 6.54 Å². The van der Waals surface area contributed by atoms with Crippen molar-refractivity contribution in [3.05, 3.63) is 18.1 Å². The molecule has 16 heavy (non-hydrogen) atoms. The van der Waals surface area contributed by atoms with Crippen molar-refractivity contribution in [2.24, 2.45) is 0 Å². The first kappa shape index (κ1) is 11.3. The Morgan fingerprint density at radius 3 is 3.12 bits per heavy atom. The van der Waals surface area contributed by atoms with Crippen molar-refractivity contribution in [1.29, 1.82) is 0 Å². The van der Waals surface area contributed by atoms with Gasteiger partial charge in [-0.3, -0.25) is 0 Å². The van der Waals surface area contributed by atoms with Crippen molar-refractivity contribution >= 4 is 5.82 Å². The van der Waals surface area contributed by atoms with Crippen molar-refractivity contribution in [2.75, 3.05) is 18.0 Å². The molecule has 88 valence electrons. The summed E-state index contributed by atoms with van der Waals surface area (Å²) in [5.41, 5.74) is 1.09. The maximum Gasteiger partial charge on any atom is 0.132 e. The molecule has 1 fully saturated rings. The molecule has 0 amide bonds. The molecule has 1 aromatic heterocycles. The average Bonchev–Trinajstić information content (AvgIpc) is 2.30. The molecular formula is C12H19N3O. The van der Waals surface area contributed by atoms with Crippen molar-refractivity contribution in [1.82, 2.24) is 9.97 Å². The van der Waals surface area contributed by atoms with Crippen molar-refractivity contribution in [2.45, 2.75) is 38.7 Å². The molecule has 0 spiro atoms. The van der Waals surface area contributed by atoms with Crippen LogP contribution in [-0.2, 0) is 6.42 Å². The molecule has 1 unspecified atom stereocenters. The molecular weight excluding hydrogens is 202 g/mol. The van der Waals surface area contributed by atoms with Crippen LogP contribution in [0.5, 0.6) is 0 Å². The zero-order chi connectivity index (χ0) is 11.4. The SMILES string of the molecule is CCCc1cc(N2CCCC(O)C2)ncn1. The molecule has 4 nitrogen and oxygen atoms in total. The Morgan fingerprint density at radius 1 is 1.50 bits per heavy atom. The summed E-state index contributed by atoms with van der Waals surface area (Å²) in [6, 6.07) is 2.04. The number of hydrogen-bond acceptors (Lipinski definition) is 4. The van der Waals surface area contributed by atoms with Crippen LogP contribution in [0.15, 0.2) is 12.4 Å². The van der Waals surface area contributed by atoms with Crippen molar-refractivity contribution in [3.63, 3.8) is 0 Å². The van der Waals surface area contributed by atoms with Crippen LogP contribution in [-0.4, -0.2) is 34.3 Å². The van der Waals surface area contributed by atoms with Crippen LogP contribution in [0.25, 0.3) is 0 Å². The van der Waals surface area contributed by atoms with Gasteiger partial charge in [0, 0.05) is 24.8 Å². The number of aryl methyl sites for hydroxylation is 1. The van der Waals surface area contributed by atoms with E-state index in [1.807, 2.05) is 6.07 Å². The monoisotopic (exact) mass is 221 g/mol. The highest BCUT2D eigenvalue weighted by atomic mass is 16.3. The third kappa shape index (κ3) is 2.70. The maximum atomic E-state index is 9.63. The van der Waals surface area contributed by atoms with E-state index in [1.165, 1.54) is 0 Å². The average molecular weight is 221 g/mol. The summed E-state index contributed by atoms with van der Waals surface area (Å²) >= 11 is 0. The number of hydrogen-bond donors (Lipinski definition) is 1. The lowest BCUT2D eigenvalue weighted by molar-refractivity contribution is 0.154. The van der Waals surface area contributed by atoms with Gasteiger partial charge in [0.25, 0.3) is 0 Å². The van der Waals surface area contributed by atoms with Gasteiger partial charge in [-0.05, 0) is 19.3 Å². The van der Waals surface area contributed by atoms with E-state index in [2.05, 4.69) is 21.8 Å². The molecule has 0 radical (unpaired) electrons. The van der Waals surface area contributed by atoms with Crippen LogP contribution >= 0.6 is 0 Å². The first-order valence-corrected chi connectivity index (χ1v) is 6.03. The van der Waals surface area contributed by atoms with E-state index in [4.69, 9.17) is 0 Å². The smallest absolute Gasteiger partial charge is 0.132 e. The molecule has 1 aromatic rings. The predicted molar refractivity (Wildman–Crippen MR) is 63.5 cm³/mol. The zero-order valence-electron chi connectivity index (χ0n) is 9.76. The fourth-order valence-electron chi connectivity index (χ4n) is 2.11. The van der Waals surface area contributed by atoms with Gasteiger partial charge in [0.1, 0.15) is 12.1 Å². The van der Waals surface area contributed by atoms with Gasteiger partial charge in [-0.1, -0.05) is 13.3 Å². The Balaban J connectivity index is 2.09. The summed E-state index contributed by atoms with van der Waals surface area (Å²) in [7, 11) is 0. The number of rotatable bonds is 3. The molecule has 0 aliphatic carbocycles. The minimum atomic E-state index is -0.210. The molecule has 0 saturated carbocycles. The van der Waals surface area contributed by atoms with E-state index in [9.17, 15) is 5.11 Å². The number of aromatic nitrogens is 2. The number of anilines is 1. The van der Waals surface area contributed by atoms with Crippen LogP contribution in [0.2, 0.25) is 0 Å². The van der Waals surface area contributed by atoms with E-state index in [0.717, 1.165) is 43.7 Å². The minimum absolute atomic E-state index is 0.210. The highest BCUT2D eigenvalue weighted by Crippen LogP contribution is 2.18. The molecule has 2 rings (SSSR count). The Labute approximate surface area is 96.3 Å². The first-order chi connectivity index (χ1) is 7.79. The normalized spacial score (nSPS) is 21.1. The van der Waals surface area contributed by atoms with Crippen LogP contribution in [0.3, 0.4) is 0 Å². The number of β-amino-alcohol motifs (C(OH)–C–C–N with tert-alkyl or cyclic N) is 1. The number of aliphatic hydroxyl groups is 1. The molecule has 2 heterocycles. The Bertz CT molecular complexity index is 343. The summed E-state index contributed by atoms with van der Waals surface area (Å²) < 4.78 is 0. The summed E-state index contributed by atoms with van der Waals surface area (Å²) in [5.74, 6) is 0.956. The maximum absolute atomic E-state index is 9.63. The van der Waals surface area contributed by atoms with Crippen molar-refractivity contribution in [3.8, 4) is 0 Å². The summed E-state index contributed by atoms with van der Waals surface area (Å²) in [6.45, 7) is 3.83. The van der Waals surface area contributed by atoms with E-state index in [-0.39, 0.29) is 6.10 Å². The van der Waals surface area contributed by atoms with Gasteiger partial charge in [-0.25, -0.2) is 9.97 Å². The lowest BCUT2D eigenvalue weighted by Gasteiger charge is -2.31. The second-order valence-corrected chi connectivity index (χ2v) is 4.36. The summed E-state index contributed by atoms with van der Waals surface area (Å²) in [6.07, 6.45) is 5.45. The standard InChI is InChI=1S/C12H19N3O/c1-2-4-10-7-12(14-9-13-10)15-6-3-5-11(16)8-15/h7,9,11,16H,2-6,8H2,1H3. The minimum Gasteiger partial charge on any atom is -0.391 e. The largest absolute Gasteiger partial charge is 0.391 e. The number of piperidine rings is 1. The molecule has 0 bridgehead atoms. The van der Waals surface area contributed by atoms with E-state index in [1.54, 1.807) is 6.33 Å². The molecule has 0 aromatic carbocycles. The molecule has 1 aliphatic heterocycles. The van der Waals surface area contributed by atoms with Crippen LogP contribution in [0.4, 0.5) is 5.82 Å². The van der Waals surface area contributed by atoms with Crippen LogP contribution in [0, 0.1) is 0 Å². The first-order valence-electron chi connectivity index (χ1n) is 6.03. The Morgan fingerprint density at radius 2 is 2.38 bits per heavy atom. The van der Waals surface area contributed by atoms with Gasteiger partial charge in [0.2, 0.25) is 0 Å². The zero-order valence-corrected chi connectivity index (χ0v) is 9.76. The number of aliphatic hydroxyl groups excluding tert-OH is 1. The third-order valence-corrected chi connectivity index (χ3v) is 2.94.